The van der Waals surface area contributed by atoms with Crippen LogP contribution in [0.2, 0.25) is 0 Å². The highest BCUT2D eigenvalue weighted by Gasteiger charge is 2.35. The van der Waals surface area contributed by atoms with Gasteiger partial charge in [-0.1, -0.05) is 17.7 Å². The van der Waals surface area contributed by atoms with Gasteiger partial charge in [0.25, 0.3) is 0 Å². The van der Waals surface area contributed by atoms with Crippen LogP contribution in [0.5, 0.6) is 0 Å². The molecule has 1 atom stereocenters. The Bertz CT molecular complexity index is 752. The zero-order valence-electron chi connectivity index (χ0n) is 12.5. The topological polar surface area (TPSA) is 81.2 Å². The lowest BCUT2D eigenvalue weighted by Gasteiger charge is -2.21. The highest BCUT2D eigenvalue weighted by atomic mass is 32.2. The van der Waals surface area contributed by atoms with E-state index >= 15 is 0 Å². The molecule has 2 aromatic rings. The van der Waals surface area contributed by atoms with E-state index in [1.54, 1.807) is 10.9 Å². The van der Waals surface area contributed by atoms with Crippen LogP contribution in [0.4, 0.5) is 0 Å². The number of hydrogen-bond donors (Lipinski definition) is 1. The smallest absolute Gasteiger partial charge is 0.246 e. The van der Waals surface area contributed by atoms with Crippen molar-refractivity contribution in [3.8, 4) is 5.69 Å². The lowest BCUT2D eigenvalue weighted by Crippen LogP contribution is -2.39. The van der Waals surface area contributed by atoms with Crippen LogP contribution in [0, 0.1) is 6.92 Å². The minimum Gasteiger partial charge on any atom is -0.329 e. The molecule has 1 aromatic heterocycles. The molecule has 0 bridgehead atoms. The minimum absolute atomic E-state index is 0.104. The summed E-state index contributed by atoms with van der Waals surface area (Å²) < 4.78 is 28.5. The predicted molar refractivity (Wildman–Crippen MR) is 84.3 cm³/mol. The van der Waals surface area contributed by atoms with Gasteiger partial charge in [-0.05, 0) is 31.9 Å². The van der Waals surface area contributed by atoms with Crippen molar-refractivity contribution in [1.29, 1.82) is 0 Å². The van der Waals surface area contributed by atoms with E-state index in [0.29, 0.717) is 13.1 Å². The molecule has 0 aliphatic carbocycles. The number of sulfonamides is 1. The molecule has 22 heavy (non-hydrogen) atoms. The average Bonchev–Trinajstić information content (AvgIpc) is 3.17. The van der Waals surface area contributed by atoms with Crippen molar-refractivity contribution in [1.82, 2.24) is 14.1 Å². The third-order valence-corrected chi connectivity index (χ3v) is 5.96. The van der Waals surface area contributed by atoms with Crippen LogP contribution in [0.25, 0.3) is 5.69 Å². The van der Waals surface area contributed by atoms with E-state index in [1.807, 2.05) is 31.2 Å². The standard InChI is InChI=1S/C15H20N4O2S/c1-12-4-6-13(7-5-12)18-11-15(10-17-18)22(20,21)19-8-2-3-14(19)9-16/h4-7,10-11,14H,2-3,8-9,16H2,1H3. The molecule has 2 N–H and O–H groups in total. The first-order valence-electron chi connectivity index (χ1n) is 7.36. The SMILES string of the molecule is Cc1ccc(-n2cc(S(=O)(=O)N3CCCC3CN)cn2)cc1. The average molecular weight is 320 g/mol. The van der Waals surface area contributed by atoms with Crippen molar-refractivity contribution in [2.24, 2.45) is 5.73 Å². The maximum absolute atomic E-state index is 12.7. The Morgan fingerprint density at radius 2 is 2.05 bits per heavy atom. The third-order valence-electron chi connectivity index (χ3n) is 4.06. The third kappa shape index (κ3) is 2.67. The Kier molecular flexibility index (Phi) is 4.03. The van der Waals surface area contributed by atoms with Gasteiger partial charge in [-0.3, -0.25) is 0 Å². The van der Waals surface area contributed by atoms with E-state index in [9.17, 15) is 8.42 Å². The molecule has 3 rings (SSSR count). The fraction of sp³-hybridized carbons (Fsp3) is 0.400. The van der Waals surface area contributed by atoms with Crippen LogP contribution in [0.1, 0.15) is 18.4 Å². The first kappa shape index (κ1) is 15.2. The number of nitrogens with zero attached hydrogens (tertiary/aromatic N) is 3. The molecule has 1 aromatic carbocycles. The molecule has 1 aliphatic heterocycles. The Hall–Kier alpha value is -1.70. The van der Waals surface area contributed by atoms with Gasteiger partial charge in [0.15, 0.2) is 0 Å². The molecule has 0 spiro atoms. The molecule has 0 saturated carbocycles. The summed E-state index contributed by atoms with van der Waals surface area (Å²) >= 11 is 0. The van der Waals surface area contributed by atoms with Gasteiger partial charge in [0.1, 0.15) is 4.90 Å². The van der Waals surface area contributed by atoms with Crippen molar-refractivity contribution in [3.05, 3.63) is 42.2 Å². The molecule has 1 unspecified atom stereocenters. The summed E-state index contributed by atoms with van der Waals surface area (Å²) in [6, 6.07) is 7.66. The molecular weight excluding hydrogens is 300 g/mol. The molecule has 0 amide bonds. The molecule has 1 aliphatic rings. The van der Waals surface area contributed by atoms with Crippen LogP contribution in [0.3, 0.4) is 0 Å². The van der Waals surface area contributed by atoms with Gasteiger partial charge in [-0.15, -0.1) is 0 Å². The Balaban J connectivity index is 1.91. The van der Waals surface area contributed by atoms with Crippen molar-refractivity contribution >= 4 is 10.0 Å². The Morgan fingerprint density at radius 1 is 1.32 bits per heavy atom. The maximum atomic E-state index is 12.7. The summed E-state index contributed by atoms with van der Waals surface area (Å²) in [6.45, 7) is 2.88. The van der Waals surface area contributed by atoms with Gasteiger partial charge in [-0.25, -0.2) is 13.1 Å². The minimum atomic E-state index is -3.53. The molecule has 6 nitrogen and oxygen atoms in total. The highest BCUT2D eigenvalue weighted by molar-refractivity contribution is 7.89. The molecule has 1 fully saturated rings. The van der Waals surface area contributed by atoms with Gasteiger partial charge in [0, 0.05) is 19.1 Å². The largest absolute Gasteiger partial charge is 0.329 e. The number of aryl methyl sites for hydroxylation is 1. The van der Waals surface area contributed by atoms with Crippen molar-refractivity contribution in [2.75, 3.05) is 13.1 Å². The summed E-state index contributed by atoms with van der Waals surface area (Å²) in [5.41, 5.74) is 7.66. The van der Waals surface area contributed by atoms with Gasteiger partial charge in [0.05, 0.1) is 18.1 Å². The van der Waals surface area contributed by atoms with Crippen LogP contribution < -0.4 is 5.73 Å². The second-order valence-corrected chi connectivity index (χ2v) is 7.49. The number of hydrogen-bond acceptors (Lipinski definition) is 4. The molecule has 7 heteroatoms. The second kappa shape index (κ2) is 5.83. The lowest BCUT2D eigenvalue weighted by molar-refractivity contribution is 0.393. The molecular formula is C15H20N4O2S. The molecule has 118 valence electrons. The number of benzene rings is 1. The zero-order valence-corrected chi connectivity index (χ0v) is 13.3. The van der Waals surface area contributed by atoms with Gasteiger partial charge in [0.2, 0.25) is 10.0 Å². The van der Waals surface area contributed by atoms with Crippen LogP contribution in [0.15, 0.2) is 41.6 Å². The molecule has 1 saturated heterocycles. The van der Waals surface area contributed by atoms with E-state index in [4.69, 9.17) is 5.73 Å². The van der Waals surface area contributed by atoms with Gasteiger partial charge >= 0.3 is 0 Å². The summed E-state index contributed by atoms with van der Waals surface area (Å²) in [7, 11) is -3.53. The van der Waals surface area contributed by atoms with Crippen molar-refractivity contribution in [2.45, 2.75) is 30.7 Å². The predicted octanol–water partition coefficient (Wildman–Crippen LogP) is 1.29. The van der Waals surface area contributed by atoms with Gasteiger partial charge in [-0.2, -0.15) is 9.40 Å². The monoisotopic (exact) mass is 320 g/mol. The van der Waals surface area contributed by atoms with Crippen LogP contribution in [-0.2, 0) is 10.0 Å². The lowest BCUT2D eigenvalue weighted by atomic mass is 10.2. The zero-order chi connectivity index (χ0) is 15.7. The van der Waals surface area contributed by atoms with E-state index in [2.05, 4.69) is 5.10 Å². The van der Waals surface area contributed by atoms with Gasteiger partial charge < -0.3 is 5.73 Å². The Labute approximate surface area is 130 Å². The molecule has 2 heterocycles. The van der Waals surface area contributed by atoms with Crippen LogP contribution in [-0.4, -0.2) is 41.6 Å². The van der Waals surface area contributed by atoms with E-state index in [-0.39, 0.29) is 10.9 Å². The maximum Gasteiger partial charge on any atom is 0.246 e. The second-order valence-electron chi connectivity index (χ2n) is 5.60. The summed E-state index contributed by atoms with van der Waals surface area (Å²) in [5, 5.41) is 4.18. The Morgan fingerprint density at radius 3 is 2.73 bits per heavy atom. The van der Waals surface area contributed by atoms with Crippen molar-refractivity contribution in [3.63, 3.8) is 0 Å². The quantitative estimate of drug-likeness (QED) is 0.920. The summed E-state index contributed by atoms with van der Waals surface area (Å²) in [4.78, 5) is 0.216. The molecule has 0 radical (unpaired) electrons. The first-order chi connectivity index (χ1) is 10.5. The number of aromatic nitrogens is 2. The normalized spacial score (nSPS) is 19.6. The van der Waals surface area contributed by atoms with E-state index in [0.717, 1.165) is 24.1 Å². The van der Waals surface area contributed by atoms with E-state index in [1.165, 1.54) is 10.5 Å². The van der Waals surface area contributed by atoms with Crippen molar-refractivity contribution < 1.29 is 8.42 Å². The number of nitrogens with two attached hydrogens (primary N) is 1. The fourth-order valence-corrected chi connectivity index (χ4v) is 4.41. The van der Waals surface area contributed by atoms with E-state index < -0.39 is 10.0 Å². The summed E-state index contributed by atoms with van der Waals surface area (Å²) in [6.07, 6.45) is 4.64. The highest BCUT2D eigenvalue weighted by Crippen LogP contribution is 2.25. The number of rotatable bonds is 4. The fourth-order valence-electron chi connectivity index (χ4n) is 2.77. The first-order valence-corrected chi connectivity index (χ1v) is 8.80. The van der Waals surface area contributed by atoms with Crippen LogP contribution >= 0.6 is 0 Å². The summed E-state index contributed by atoms with van der Waals surface area (Å²) in [5.74, 6) is 0.